The molecule has 2 fully saturated rings. The summed E-state index contributed by atoms with van der Waals surface area (Å²) in [7, 11) is 0. The monoisotopic (exact) mass is 246 g/mol. The number of hydrogen-bond acceptors (Lipinski definition) is 3. The number of ether oxygens (including phenoxy) is 1. The Hall–Kier alpha value is -1.44. The molecular formula is C14H15FN2O. The Bertz CT molecular complexity index is 485. The number of halogens is 1. The maximum atomic E-state index is 13.8. The summed E-state index contributed by atoms with van der Waals surface area (Å²) in [5.74, 6) is -0.284. The molecule has 0 aromatic heterocycles. The molecular weight excluding hydrogens is 231 g/mol. The van der Waals surface area contributed by atoms with Crippen molar-refractivity contribution in [1.29, 1.82) is 5.26 Å². The van der Waals surface area contributed by atoms with Gasteiger partial charge in [0.15, 0.2) is 0 Å². The highest BCUT2D eigenvalue weighted by molar-refractivity contribution is 5.32. The Morgan fingerprint density at radius 2 is 2.06 bits per heavy atom. The van der Waals surface area contributed by atoms with Crippen LogP contribution in [0.2, 0.25) is 0 Å². The fraction of sp³-hybridized carbons (Fsp3) is 0.500. The number of fused-ring (bicyclic) bond motifs is 2. The quantitative estimate of drug-likeness (QED) is 0.801. The first kappa shape index (κ1) is 11.6. The molecule has 2 unspecified atom stereocenters. The zero-order valence-corrected chi connectivity index (χ0v) is 10.1. The van der Waals surface area contributed by atoms with Crippen molar-refractivity contribution < 1.29 is 9.13 Å². The molecule has 3 rings (SSSR count). The molecule has 1 aromatic rings. The zero-order valence-electron chi connectivity index (χ0n) is 10.1. The van der Waals surface area contributed by atoms with E-state index in [1.54, 1.807) is 12.1 Å². The van der Waals surface area contributed by atoms with Gasteiger partial charge in [-0.25, -0.2) is 4.39 Å². The van der Waals surface area contributed by atoms with Gasteiger partial charge in [0.25, 0.3) is 0 Å². The molecule has 2 aliphatic heterocycles. The van der Waals surface area contributed by atoms with Gasteiger partial charge in [-0.05, 0) is 25.0 Å². The maximum absolute atomic E-state index is 13.8. The van der Waals surface area contributed by atoms with E-state index in [1.807, 2.05) is 6.07 Å². The number of rotatable bonds is 2. The molecule has 0 saturated carbocycles. The van der Waals surface area contributed by atoms with Gasteiger partial charge in [-0.15, -0.1) is 0 Å². The highest BCUT2D eigenvalue weighted by Crippen LogP contribution is 2.27. The fourth-order valence-corrected chi connectivity index (χ4v) is 2.81. The third kappa shape index (κ3) is 2.24. The number of morpholine rings is 1. The Morgan fingerprint density at radius 1 is 1.33 bits per heavy atom. The molecule has 2 bridgehead atoms. The number of benzene rings is 1. The molecule has 0 radical (unpaired) electrons. The Balaban J connectivity index is 1.71. The van der Waals surface area contributed by atoms with Gasteiger partial charge in [0, 0.05) is 25.2 Å². The SMILES string of the molecule is N#Cc1ccc(CN2CC3CCC(C2)O3)c(F)c1. The number of nitrogens with zero attached hydrogens (tertiary/aromatic N) is 2. The van der Waals surface area contributed by atoms with Gasteiger partial charge in [0.05, 0.1) is 23.8 Å². The first-order valence-corrected chi connectivity index (χ1v) is 6.31. The van der Waals surface area contributed by atoms with Crippen LogP contribution in [-0.2, 0) is 11.3 Å². The molecule has 94 valence electrons. The topological polar surface area (TPSA) is 36.3 Å². The minimum Gasteiger partial charge on any atom is -0.372 e. The number of likely N-dealkylation sites (tertiary alicyclic amines) is 1. The van der Waals surface area contributed by atoms with Crippen molar-refractivity contribution in [1.82, 2.24) is 4.90 Å². The van der Waals surface area contributed by atoms with E-state index in [1.165, 1.54) is 6.07 Å². The maximum Gasteiger partial charge on any atom is 0.129 e. The first-order valence-electron chi connectivity index (χ1n) is 6.31. The second-order valence-electron chi connectivity index (χ2n) is 5.07. The minimum atomic E-state index is -0.284. The normalized spacial score (nSPS) is 27.1. The highest BCUT2D eigenvalue weighted by atomic mass is 19.1. The van der Waals surface area contributed by atoms with E-state index in [4.69, 9.17) is 10.00 Å². The molecule has 0 N–H and O–H groups in total. The molecule has 0 spiro atoms. The lowest BCUT2D eigenvalue weighted by atomic mass is 10.1. The molecule has 2 atom stereocenters. The first-order chi connectivity index (χ1) is 8.74. The summed E-state index contributed by atoms with van der Waals surface area (Å²) in [5, 5.41) is 8.71. The van der Waals surface area contributed by atoms with Gasteiger partial charge >= 0.3 is 0 Å². The summed E-state index contributed by atoms with van der Waals surface area (Å²) in [6, 6.07) is 6.65. The van der Waals surface area contributed by atoms with Crippen molar-refractivity contribution >= 4 is 0 Å². The molecule has 3 nitrogen and oxygen atoms in total. The van der Waals surface area contributed by atoms with Crippen LogP contribution < -0.4 is 0 Å². The van der Waals surface area contributed by atoms with Crippen LogP contribution in [0, 0.1) is 17.1 Å². The molecule has 18 heavy (non-hydrogen) atoms. The standard InChI is InChI=1S/C14H15FN2O/c15-14-5-10(6-16)1-2-11(14)7-17-8-12-3-4-13(9-17)18-12/h1-2,5,12-13H,3-4,7-9H2. The van der Waals surface area contributed by atoms with Gasteiger partial charge in [0.2, 0.25) is 0 Å². The highest BCUT2D eigenvalue weighted by Gasteiger charge is 2.33. The van der Waals surface area contributed by atoms with Crippen LogP contribution in [0.5, 0.6) is 0 Å². The van der Waals surface area contributed by atoms with Gasteiger partial charge in [-0.1, -0.05) is 6.07 Å². The van der Waals surface area contributed by atoms with Gasteiger partial charge in [-0.3, -0.25) is 4.90 Å². The Kier molecular flexibility index (Phi) is 3.02. The molecule has 1 aromatic carbocycles. The van der Waals surface area contributed by atoms with E-state index >= 15 is 0 Å². The van der Waals surface area contributed by atoms with E-state index in [-0.39, 0.29) is 5.82 Å². The molecule has 4 heteroatoms. The second kappa shape index (κ2) is 4.68. The average Bonchev–Trinajstić information content (AvgIpc) is 2.71. The third-order valence-electron chi connectivity index (χ3n) is 3.70. The summed E-state index contributed by atoms with van der Waals surface area (Å²) >= 11 is 0. The largest absolute Gasteiger partial charge is 0.372 e. The van der Waals surface area contributed by atoms with Crippen LogP contribution in [0.1, 0.15) is 24.0 Å². The van der Waals surface area contributed by atoms with Crippen LogP contribution in [0.25, 0.3) is 0 Å². The lowest BCUT2D eigenvalue weighted by molar-refractivity contribution is -0.0413. The molecule has 2 heterocycles. The minimum absolute atomic E-state index is 0.284. The van der Waals surface area contributed by atoms with Crippen LogP contribution in [-0.4, -0.2) is 30.2 Å². The summed E-state index contributed by atoms with van der Waals surface area (Å²) in [4.78, 5) is 2.25. The predicted molar refractivity (Wildman–Crippen MR) is 64.3 cm³/mol. The number of nitriles is 1. The Morgan fingerprint density at radius 3 is 2.67 bits per heavy atom. The van der Waals surface area contributed by atoms with Crippen molar-refractivity contribution in [3.8, 4) is 6.07 Å². The summed E-state index contributed by atoms with van der Waals surface area (Å²) < 4.78 is 19.5. The van der Waals surface area contributed by atoms with E-state index in [9.17, 15) is 4.39 Å². The third-order valence-corrected chi connectivity index (χ3v) is 3.70. The lowest BCUT2D eigenvalue weighted by Gasteiger charge is -2.32. The van der Waals surface area contributed by atoms with E-state index < -0.39 is 0 Å². The van der Waals surface area contributed by atoms with Crippen LogP contribution in [0.3, 0.4) is 0 Å². The van der Waals surface area contributed by atoms with Crippen molar-refractivity contribution in [2.24, 2.45) is 0 Å². The second-order valence-corrected chi connectivity index (χ2v) is 5.07. The summed E-state index contributed by atoms with van der Waals surface area (Å²) in [6.07, 6.45) is 2.89. The molecule has 0 amide bonds. The van der Waals surface area contributed by atoms with Crippen molar-refractivity contribution in [2.45, 2.75) is 31.6 Å². The van der Waals surface area contributed by atoms with Crippen molar-refractivity contribution in [3.63, 3.8) is 0 Å². The van der Waals surface area contributed by atoms with Gasteiger partial charge < -0.3 is 4.74 Å². The average molecular weight is 246 g/mol. The van der Waals surface area contributed by atoms with E-state index in [2.05, 4.69) is 4.90 Å². The molecule has 2 saturated heterocycles. The van der Waals surface area contributed by atoms with Crippen molar-refractivity contribution in [3.05, 3.63) is 35.1 Å². The lowest BCUT2D eigenvalue weighted by Crippen LogP contribution is -2.42. The summed E-state index contributed by atoms with van der Waals surface area (Å²) in [6.45, 7) is 2.37. The van der Waals surface area contributed by atoms with Crippen molar-refractivity contribution in [2.75, 3.05) is 13.1 Å². The van der Waals surface area contributed by atoms with Gasteiger partial charge in [0.1, 0.15) is 5.82 Å². The fourth-order valence-electron chi connectivity index (χ4n) is 2.81. The number of hydrogen-bond donors (Lipinski definition) is 0. The Labute approximate surface area is 106 Å². The summed E-state index contributed by atoms with van der Waals surface area (Å²) in [5.41, 5.74) is 1.04. The molecule has 2 aliphatic rings. The van der Waals surface area contributed by atoms with Crippen LogP contribution in [0.4, 0.5) is 4.39 Å². The van der Waals surface area contributed by atoms with Crippen LogP contribution >= 0.6 is 0 Å². The zero-order chi connectivity index (χ0) is 12.5. The molecule has 0 aliphatic carbocycles. The van der Waals surface area contributed by atoms with E-state index in [0.717, 1.165) is 25.9 Å². The van der Waals surface area contributed by atoms with E-state index in [0.29, 0.717) is 29.9 Å². The smallest absolute Gasteiger partial charge is 0.129 e. The van der Waals surface area contributed by atoms with Crippen LogP contribution in [0.15, 0.2) is 18.2 Å². The van der Waals surface area contributed by atoms with Gasteiger partial charge in [-0.2, -0.15) is 5.26 Å². The predicted octanol–water partition coefficient (Wildman–Crippen LogP) is 2.06.